The highest BCUT2D eigenvalue weighted by molar-refractivity contribution is 8.00. The average molecular weight is 369 g/mol. The molecule has 1 amide bonds. The Morgan fingerprint density at radius 2 is 2.08 bits per heavy atom. The quantitative estimate of drug-likeness (QED) is 0.697. The summed E-state index contributed by atoms with van der Waals surface area (Å²) in [6.07, 6.45) is 4.59. The van der Waals surface area contributed by atoms with Gasteiger partial charge in [0.15, 0.2) is 5.65 Å². The summed E-state index contributed by atoms with van der Waals surface area (Å²) in [4.78, 5) is 17.1. The third-order valence-electron chi connectivity index (χ3n) is 5.02. The highest BCUT2D eigenvalue weighted by Gasteiger charge is 2.23. The number of hydrogen-bond donors (Lipinski definition) is 1. The molecular formula is C19H23N5OS. The first kappa shape index (κ1) is 17.3. The zero-order valence-electron chi connectivity index (χ0n) is 15.1. The van der Waals surface area contributed by atoms with Crippen molar-refractivity contribution in [1.29, 1.82) is 0 Å². The lowest BCUT2D eigenvalue weighted by atomic mass is 10.2. The molecule has 2 heterocycles. The summed E-state index contributed by atoms with van der Waals surface area (Å²) in [5, 5.41) is 13.2. The molecule has 4 rings (SSSR count). The third-order valence-corrected chi connectivity index (χ3v) is 5.98. The maximum atomic E-state index is 12.4. The van der Waals surface area contributed by atoms with Crippen LogP contribution in [0.2, 0.25) is 0 Å². The molecule has 26 heavy (non-hydrogen) atoms. The number of hydrogen-bond acceptors (Lipinski definition) is 5. The van der Waals surface area contributed by atoms with E-state index in [9.17, 15) is 4.79 Å². The molecule has 136 valence electrons. The van der Waals surface area contributed by atoms with Crippen LogP contribution < -0.4 is 5.32 Å². The number of aryl methyl sites for hydroxylation is 1. The molecular weight excluding hydrogens is 346 g/mol. The summed E-state index contributed by atoms with van der Waals surface area (Å²) in [6.45, 7) is 4.81. The number of nitrogens with one attached hydrogen (secondary N) is 1. The number of rotatable bonds is 5. The topological polar surface area (TPSA) is 72.7 Å². The van der Waals surface area contributed by atoms with Gasteiger partial charge in [-0.05, 0) is 32.8 Å². The van der Waals surface area contributed by atoms with Crippen LogP contribution in [0.5, 0.6) is 0 Å². The van der Waals surface area contributed by atoms with Crippen LogP contribution in [-0.4, -0.2) is 36.9 Å². The Kier molecular flexibility index (Phi) is 4.80. The van der Waals surface area contributed by atoms with Gasteiger partial charge in [-0.2, -0.15) is 0 Å². The first-order chi connectivity index (χ1) is 12.7. The number of amides is 1. The molecule has 0 unspecified atom stereocenters. The van der Waals surface area contributed by atoms with Gasteiger partial charge in [-0.15, -0.1) is 10.2 Å². The molecule has 3 aromatic rings. The first-order valence-electron chi connectivity index (χ1n) is 9.26. The van der Waals surface area contributed by atoms with Crippen LogP contribution in [-0.2, 0) is 11.3 Å². The van der Waals surface area contributed by atoms with Crippen molar-refractivity contribution in [2.24, 2.45) is 0 Å². The van der Waals surface area contributed by atoms with Gasteiger partial charge in [0, 0.05) is 18.0 Å². The average Bonchev–Trinajstić information content (AvgIpc) is 3.26. The van der Waals surface area contributed by atoms with Gasteiger partial charge in [-0.25, -0.2) is 4.98 Å². The number of aromatic nitrogens is 4. The number of nitrogens with zero attached hydrogens (tertiary/aromatic N) is 4. The van der Waals surface area contributed by atoms with Crippen molar-refractivity contribution in [3.63, 3.8) is 0 Å². The second kappa shape index (κ2) is 7.23. The summed E-state index contributed by atoms with van der Waals surface area (Å²) < 4.78 is 2.15. The van der Waals surface area contributed by atoms with Gasteiger partial charge in [0.2, 0.25) is 11.1 Å². The normalized spacial score (nSPS) is 16.4. The molecule has 2 aromatic heterocycles. The molecule has 1 fully saturated rings. The molecule has 0 radical (unpaired) electrons. The number of fused-ring (bicyclic) bond motifs is 3. The predicted molar refractivity (Wildman–Crippen MR) is 104 cm³/mol. The van der Waals surface area contributed by atoms with Crippen LogP contribution in [0.4, 0.5) is 0 Å². The highest BCUT2D eigenvalue weighted by Crippen LogP contribution is 2.28. The minimum atomic E-state index is -0.241. The van der Waals surface area contributed by atoms with Crippen LogP contribution in [0.15, 0.2) is 29.4 Å². The van der Waals surface area contributed by atoms with E-state index in [4.69, 9.17) is 4.98 Å². The summed E-state index contributed by atoms with van der Waals surface area (Å²) in [7, 11) is 0. The zero-order chi connectivity index (χ0) is 18.1. The zero-order valence-corrected chi connectivity index (χ0v) is 15.9. The second-order valence-corrected chi connectivity index (χ2v) is 8.09. The molecule has 0 bridgehead atoms. The standard InChI is InChI=1S/C19H23N5OS/c1-3-24-15-11-7-6-10-14(15)16-17(24)21-19(23-22-16)26-12(2)18(25)20-13-8-4-5-9-13/h6-7,10-13H,3-5,8-9H2,1-2H3,(H,20,25)/t12-/m0/s1. The van der Waals surface area contributed by atoms with Gasteiger partial charge in [-0.1, -0.05) is 42.8 Å². The fourth-order valence-corrected chi connectivity index (χ4v) is 4.38. The van der Waals surface area contributed by atoms with E-state index in [1.807, 2.05) is 25.1 Å². The first-order valence-corrected chi connectivity index (χ1v) is 10.1. The Morgan fingerprint density at radius 3 is 2.85 bits per heavy atom. The van der Waals surface area contributed by atoms with Crippen molar-refractivity contribution in [2.75, 3.05) is 0 Å². The Morgan fingerprint density at radius 1 is 1.31 bits per heavy atom. The predicted octanol–water partition coefficient (Wildman–Crippen LogP) is 3.54. The van der Waals surface area contributed by atoms with Crippen LogP contribution >= 0.6 is 11.8 Å². The van der Waals surface area contributed by atoms with Gasteiger partial charge in [0.25, 0.3) is 0 Å². The van der Waals surface area contributed by atoms with Crippen LogP contribution in [0.1, 0.15) is 39.5 Å². The van der Waals surface area contributed by atoms with Crippen molar-refractivity contribution in [2.45, 2.75) is 62.5 Å². The maximum absolute atomic E-state index is 12.4. The summed E-state index contributed by atoms with van der Waals surface area (Å²) in [5.74, 6) is 0.0571. The van der Waals surface area contributed by atoms with Gasteiger partial charge >= 0.3 is 0 Å². The lowest BCUT2D eigenvalue weighted by molar-refractivity contribution is -0.120. The molecule has 1 atom stereocenters. The number of thioether (sulfide) groups is 1. The molecule has 0 aliphatic heterocycles. The number of carbonyl (C=O) groups excluding carboxylic acids is 1. The SMILES string of the molecule is CCn1c2ccccc2c2nnc(S[C@@H](C)C(=O)NC3CCCC3)nc21. The Hall–Kier alpha value is -2.15. The van der Waals surface area contributed by atoms with Crippen molar-refractivity contribution >= 4 is 39.7 Å². The van der Waals surface area contributed by atoms with E-state index >= 15 is 0 Å². The number of carbonyl (C=O) groups is 1. The molecule has 1 aromatic carbocycles. The molecule has 6 nitrogen and oxygen atoms in total. The lowest BCUT2D eigenvalue weighted by Crippen LogP contribution is -2.37. The van der Waals surface area contributed by atoms with Gasteiger partial charge < -0.3 is 9.88 Å². The van der Waals surface area contributed by atoms with E-state index in [1.165, 1.54) is 24.6 Å². The van der Waals surface area contributed by atoms with Gasteiger partial charge in [0.05, 0.1) is 10.8 Å². The molecule has 1 saturated carbocycles. The van der Waals surface area contributed by atoms with Crippen molar-refractivity contribution in [3.05, 3.63) is 24.3 Å². The highest BCUT2D eigenvalue weighted by atomic mass is 32.2. The summed E-state index contributed by atoms with van der Waals surface area (Å²) in [5.41, 5.74) is 2.76. The fraction of sp³-hybridized carbons (Fsp3) is 0.474. The molecule has 1 aliphatic rings. The monoisotopic (exact) mass is 369 g/mol. The van der Waals surface area contributed by atoms with Crippen molar-refractivity contribution in [3.8, 4) is 0 Å². The Balaban J connectivity index is 1.58. The Labute approximate surface area is 156 Å². The van der Waals surface area contributed by atoms with Crippen molar-refractivity contribution in [1.82, 2.24) is 25.1 Å². The van der Waals surface area contributed by atoms with E-state index in [1.54, 1.807) is 0 Å². The van der Waals surface area contributed by atoms with Gasteiger partial charge in [0.1, 0.15) is 5.52 Å². The number of benzene rings is 1. The van der Waals surface area contributed by atoms with Gasteiger partial charge in [-0.3, -0.25) is 4.79 Å². The minimum Gasteiger partial charge on any atom is -0.352 e. The Bertz CT molecular complexity index is 948. The van der Waals surface area contributed by atoms with Crippen LogP contribution in [0.3, 0.4) is 0 Å². The van der Waals surface area contributed by atoms with E-state index in [-0.39, 0.29) is 11.2 Å². The van der Waals surface area contributed by atoms with E-state index in [0.29, 0.717) is 11.2 Å². The van der Waals surface area contributed by atoms with E-state index < -0.39 is 0 Å². The minimum absolute atomic E-state index is 0.0571. The molecule has 0 saturated heterocycles. The van der Waals surface area contributed by atoms with Crippen LogP contribution in [0, 0.1) is 0 Å². The fourth-order valence-electron chi connectivity index (χ4n) is 3.66. The number of para-hydroxylation sites is 1. The van der Waals surface area contributed by atoms with E-state index in [2.05, 4.69) is 33.1 Å². The van der Waals surface area contributed by atoms with Crippen molar-refractivity contribution < 1.29 is 4.79 Å². The largest absolute Gasteiger partial charge is 0.352 e. The summed E-state index contributed by atoms with van der Waals surface area (Å²) in [6, 6.07) is 8.47. The molecule has 7 heteroatoms. The smallest absolute Gasteiger partial charge is 0.233 e. The molecule has 0 spiro atoms. The lowest BCUT2D eigenvalue weighted by Gasteiger charge is -2.15. The summed E-state index contributed by atoms with van der Waals surface area (Å²) >= 11 is 1.37. The van der Waals surface area contributed by atoms with E-state index in [0.717, 1.165) is 41.5 Å². The second-order valence-electron chi connectivity index (χ2n) is 6.78. The molecule has 1 aliphatic carbocycles. The molecule has 1 N–H and O–H groups in total. The van der Waals surface area contributed by atoms with Crippen LogP contribution in [0.25, 0.3) is 22.1 Å². The maximum Gasteiger partial charge on any atom is 0.233 e. The third kappa shape index (κ3) is 3.16.